The summed E-state index contributed by atoms with van der Waals surface area (Å²) < 4.78 is 1.95. The smallest absolute Gasteiger partial charge is 0.0492 e. The van der Waals surface area contributed by atoms with Crippen LogP contribution >= 0.6 is 0 Å². The lowest BCUT2D eigenvalue weighted by molar-refractivity contribution is 0.163. The molecule has 0 spiro atoms. The third kappa shape index (κ3) is 2.89. The van der Waals surface area contributed by atoms with Crippen LogP contribution < -0.4 is 5.73 Å². The second kappa shape index (κ2) is 5.21. The standard InChI is InChI=1S/C14H25N3/c1-14(9-4-3-5-10-14)13(15)7-6-12-8-11-16-17(12)2/h8,11,13H,3-7,9-10,15H2,1-2H3. The van der Waals surface area contributed by atoms with Gasteiger partial charge in [0.1, 0.15) is 0 Å². The van der Waals surface area contributed by atoms with Gasteiger partial charge < -0.3 is 5.73 Å². The first kappa shape index (κ1) is 12.6. The van der Waals surface area contributed by atoms with Gasteiger partial charge in [0, 0.05) is 25.0 Å². The molecule has 1 aromatic rings. The summed E-state index contributed by atoms with van der Waals surface area (Å²) in [6.45, 7) is 2.38. The minimum Gasteiger partial charge on any atom is -0.327 e. The van der Waals surface area contributed by atoms with Crippen LogP contribution in [0.25, 0.3) is 0 Å². The Morgan fingerprint density at radius 2 is 2.12 bits per heavy atom. The minimum atomic E-state index is 0.331. The van der Waals surface area contributed by atoms with E-state index in [0.29, 0.717) is 11.5 Å². The lowest BCUT2D eigenvalue weighted by Gasteiger charge is -2.39. The fourth-order valence-corrected chi connectivity index (χ4v) is 3.03. The molecule has 96 valence electrons. The molecule has 1 unspecified atom stereocenters. The van der Waals surface area contributed by atoms with Crippen molar-refractivity contribution in [2.45, 2.75) is 57.9 Å². The summed E-state index contributed by atoms with van der Waals surface area (Å²) in [5.41, 5.74) is 8.08. The Labute approximate surface area is 104 Å². The Kier molecular flexibility index (Phi) is 3.87. The molecule has 1 atom stereocenters. The van der Waals surface area contributed by atoms with E-state index in [0.717, 1.165) is 12.8 Å². The predicted molar refractivity (Wildman–Crippen MR) is 70.7 cm³/mol. The summed E-state index contributed by atoms with van der Waals surface area (Å²) in [6.07, 6.45) is 10.7. The van der Waals surface area contributed by atoms with Gasteiger partial charge in [-0.15, -0.1) is 0 Å². The van der Waals surface area contributed by atoms with Gasteiger partial charge in [-0.1, -0.05) is 26.2 Å². The van der Waals surface area contributed by atoms with Crippen molar-refractivity contribution in [3.05, 3.63) is 18.0 Å². The summed E-state index contributed by atoms with van der Waals surface area (Å²) >= 11 is 0. The number of hydrogen-bond acceptors (Lipinski definition) is 2. The topological polar surface area (TPSA) is 43.8 Å². The second-order valence-electron chi connectivity index (χ2n) is 5.81. The van der Waals surface area contributed by atoms with E-state index in [-0.39, 0.29) is 0 Å². The maximum Gasteiger partial charge on any atom is 0.0492 e. The van der Waals surface area contributed by atoms with Crippen molar-refractivity contribution in [2.75, 3.05) is 0 Å². The quantitative estimate of drug-likeness (QED) is 0.872. The van der Waals surface area contributed by atoms with E-state index in [9.17, 15) is 0 Å². The van der Waals surface area contributed by atoms with Gasteiger partial charge in [0.15, 0.2) is 0 Å². The molecule has 1 aromatic heterocycles. The van der Waals surface area contributed by atoms with Crippen molar-refractivity contribution in [3.63, 3.8) is 0 Å². The first-order valence-electron chi connectivity index (χ1n) is 6.84. The average Bonchev–Trinajstić information content (AvgIpc) is 2.73. The van der Waals surface area contributed by atoms with E-state index in [1.54, 1.807) is 0 Å². The van der Waals surface area contributed by atoms with Crippen LogP contribution in [0.15, 0.2) is 12.3 Å². The van der Waals surface area contributed by atoms with Crippen LogP contribution in [0.4, 0.5) is 0 Å². The van der Waals surface area contributed by atoms with Crippen LogP contribution in [0, 0.1) is 5.41 Å². The zero-order valence-electron chi connectivity index (χ0n) is 11.2. The highest BCUT2D eigenvalue weighted by Crippen LogP contribution is 2.39. The Hall–Kier alpha value is -0.830. The van der Waals surface area contributed by atoms with Gasteiger partial charge in [-0.05, 0) is 37.2 Å². The van der Waals surface area contributed by atoms with Gasteiger partial charge in [-0.3, -0.25) is 4.68 Å². The van der Waals surface area contributed by atoms with Crippen LogP contribution in [0.3, 0.4) is 0 Å². The number of aryl methyl sites for hydroxylation is 2. The van der Waals surface area contributed by atoms with Crippen LogP contribution in [0.2, 0.25) is 0 Å². The molecule has 1 fully saturated rings. The molecule has 0 radical (unpaired) electrons. The molecule has 3 nitrogen and oxygen atoms in total. The third-order valence-electron chi connectivity index (χ3n) is 4.52. The summed E-state index contributed by atoms with van der Waals surface area (Å²) in [7, 11) is 2.00. The number of rotatable bonds is 4. The third-order valence-corrected chi connectivity index (χ3v) is 4.52. The molecule has 1 saturated carbocycles. The molecule has 0 saturated heterocycles. The maximum atomic E-state index is 6.42. The number of nitrogens with zero attached hydrogens (tertiary/aromatic N) is 2. The van der Waals surface area contributed by atoms with E-state index in [1.165, 1.54) is 37.8 Å². The molecule has 0 amide bonds. The molecule has 0 bridgehead atoms. The average molecular weight is 235 g/mol. The van der Waals surface area contributed by atoms with Crippen LogP contribution in [-0.4, -0.2) is 15.8 Å². The molecular weight excluding hydrogens is 210 g/mol. The van der Waals surface area contributed by atoms with Gasteiger partial charge in [0.25, 0.3) is 0 Å². The fourth-order valence-electron chi connectivity index (χ4n) is 3.03. The Balaban J connectivity index is 1.88. The van der Waals surface area contributed by atoms with Gasteiger partial charge in [-0.2, -0.15) is 5.10 Å². The molecule has 0 aromatic carbocycles. The van der Waals surface area contributed by atoms with Gasteiger partial charge in [-0.25, -0.2) is 0 Å². The molecule has 17 heavy (non-hydrogen) atoms. The van der Waals surface area contributed by atoms with E-state index in [2.05, 4.69) is 18.1 Å². The normalized spacial score (nSPS) is 21.4. The lowest BCUT2D eigenvalue weighted by atomic mass is 9.69. The minimum absolute atomic E-state index is 0.331. The highest BCUT2D eigenvalue weighted by Gasteiger charge is 2.32. The summed E-state index contributed by atoms with van der Waals surface area (Å²) in [6, 6.07) is 2.42. The lowest BCUT2D eigenvalue weighted by Crippen LogP contribution is -2.41. The highest BCUT2D eigenvalue weighted by atomic mass is 15.2. The second-order valence-corrected chi connectivity index (χ2v) is 5.81. The molecular formula is C14H25N3. The van der Waals surface area contributed by atoms with Crippen molar-refractivity contribution >= 4 is 0 Å². The molecule has 2 rings (SSSR count). The van der Waals surface area contributed by atoms with Crippen LogP contribution in [0.1, 0.15) is 51.1 Å². The maximum absolute atomic E-state index is 6.42. The summed E-state index contributed by atoms with van der Waals surface area (Å²) in [5.74, 6) is 0. The Morgan fingerprint density at radius 3 is 2.71 bits per heavy atom. The summed E-state index contributed by atoms with van der Waals surface area (Å²) in [4.78, 5) is 0. The molecule has 0 aliphatic heterocycles. The van der Waals surface area contributed by atoms with Crippen molar-refractivity contribution < 1.29 is 0 Å². The van der Waals surface area contributed by atoms with Crippen molar-refractivity contribution in [1.29, 1.82) is 0 Å². The van der Waals surface area contributed by atoms with E-state index in [4.69, 9.17) is 5.73 Å². The fraction of sp³-hybridized carbons (Fsp3) is 0.786. The van der Waals surface area contributed by atoms with Gasteiger partial charge in [0.05, 0.1) is 0 Å². The first-order chi connectivity index (χ1) is 8.12. The zero-order chi connectivity index (χ0) is 12.3. The van der Waals surface area contributed by atoms with Crippen LogP contribution in [0.5, 0.6) is 0 Å². The first-order valence-corrected chi connectivity index (χ1v) is 6.84. The van der Waals surface area contributed by atoms with Crippen LogP contribution in [-0.2, 0) is 13.5 Å². The Bertz CT molecular complexity index is 350. The molecule has 1 aliphatic carbocycles. The number of nitrogens with two attached hydrogens (primary N) is 1. The zero-order valence-corrected chi connectivity index (χ0v) is 11.2. The SMILES string of the molecule is Cn1nccc1CCC(N)C1(C)CCCCC1. The molecule has 1 aliphatic rings. The largest absolute Gasteiger partial charge is 0.327 e. The van der Waals surface area contributed by atoms with Crippen molar-refractivity contribution in [3.8, 4) is 0 Å². The summed E-state index contributed by atoms with van der Waals surface area (Å²) in [5, 5.41) is 4.20. The number of aromatic nitrogens is 2. The van der Waals surface area contributed by atoms with E-state index in [1.807, 2.05) is 17.9 Å². The van der Waals surface area contributed by atoms with E-state index >= 15 is 0 Å². The monoisotopic (exact) mass is 235 g/mol. The highest BCUT2D eigenvalue weighted by molar-refractivity contribution is 5.01. The number of hydrogen-bond donors (Lipinski definition) is 1. The molecule has 1 heterocycles. The van der Waals surface area contributed by atoms with Gasteiger partial charge in [0.2, 0.25) is 0 Å². The molecule has 3 heteroatoms. The molecule has 2 N–H and O–H groups in total. The van der Waals surface area contributed by atoms with E-state index < -0.39 is 0 Å². The predicted octanol–water partition coefficient (Wildman–Crippen LogP) is 2.65. The van der Waals surface area contributed by atoms with Crippen molar-refractivity contribution in [2.24, 2.45) is 18.2 Å². The Morgan fingerprint density at radius 1 is 1.41 bits per heavy atom. The van der Waals surface area contributed by atoms with Gasteiger partial charge >= 0.3 is 0 Å². The van der Waals surface area contributed by atoms with Crippen molar-refractivity contribution in [1.82, 2.24) is 9.78 Å².